The maximum absolute atomic E-state index is 13.0. The van der Waals surface area contributed by atoms with Gasteiger partial charge in [-0.15, -0.1) is 0 Å². The Morgan fingerprint density at radius 2 is 1.68 bits per heavy atom. The van der Waals surface area contributed by atoms with Crippen LogP contribution < -0.4 is 4.74 Å². The Morgan fingerprint density at radius 3 is 2.24 bits per heavy atom. The first kappa shape index (κ1) is 18.6. The van der Waals surface area contributed by atoms with Crippen LogP contribution in [0.1, 0.15) is 27.0 Å². The molecule has 2 aromatic carbocycles. The molecular weight excluding hydrogens is 354 g/mol. The molecule has 1 N–H and O–H groups in total. The molecule has 0 saturated carbocycles. The average molecular weight is 364 g/mol. The van der Waals surface area contributed by atoms with Crippen LogP contribution in [-0.4, -0.2) is 11.4 Å². The zero-order valence-corrected chi connectivity index (χ0v) is 12.3. The summed E-state index contributed by atoms with van der Waals surface area (Å²) in [4.78, 5) is 10.7. The monoisotopic (exact) mass is 364 g/mol. The Hall–Kier alpha value is -2.71. The van der Waals surface area contributed by atoms with E-state index < -0.39 is 41.4 Å². The minimum absolute atomic E-state index is 0.169. The Kier molecular flexibility index (Phi) is 4.96. The summed E-state index contributed by atoms with van der Waals surface area (Å²) in [5.74, 6) is -0.937. The molecule has 9 heteroatoms. The second-order valence-corrected chi connectivity index (χ2v) is 4.97. The molecule has 134 valence electrons. The lowest BCUT2D eigenvalue weighted by Gasteiger charge is -2.16. The zero-order valence-electron chi connectivity index (χ0n) is 12.3. The van der Waals surface area contributed by atoms with E-state index in [1.165, 1.54) is 18.2 Å². The Labute approximate surface area is 137 Å². The van der Waals surface area contributed by atoms with Gasteiger partial charge in [-0.05, 0) is 30.3 Å². The summed E-state index contributed by atoms with van der Waals surface area (Å²) in [5.41, 5.74) is -3.47. The van der Waals surface area contributed by atoms with E-state index in [0.29, 0.717) is 24.5 Å². The van der Waals surface area contributed by atoms with Crippen LogP contribution in [0.3, 0.4) is 0 Å². The number of para-hydroxylation sites is 1. The first-order valence-corrected chi connectivity index (χ1v) is 6.71. The van der Waals surface area contributed by atoms with Crippen molar-refractivity contribution in [3.63, 3.8) is 0 Å². The van der Waals surface area contributed by atoms with E-state index in [2.05, 4.69) is 0 Å². The number of ether oxygens (including phenoxy) is 1. The normalized spacial score (nSPS) is 12.1. The van der Waals surface area contributed by atoms with Crippen LogP contribution in [-0.2, 0) is 19.0 Å². The van der Waals surface area contributed by atoms with Crippen molar-refractivity contribution in [3.05, 3.63) is 58.7 Å². The smallest absolute Gasteiger partial charge is 0.416 e. The lowest BCUT2D eigenvalue weighted by Crippen LogP contribution is -2.14. The van der Waals surface area contributed by atoms with Gasteiger partial charge in [0.1, 0.15) is 6.61 Å². The van der Waals surface area contributed by atoms with Crippen LogP contribution in [0.25, 0.3) is 0 Å². The molecule has 0 unspecified atom stereocenters. The molecule has 0 saturated heterocycles. The highest BCUT2D eigenvalue weighted by atomic mass is 19.4. The first-order chi connectivity index (χ1) is 11.5. The zero-order chi connectivity index (χ0) is 18.8. The van der Waals surface area contributed by atoms with E-state index in [1.807, 2.05) is 0 Å². The van der Waals surface area contributed by atoms with Gasteiger partial charge in [-0.25, -0.2) is 0 Å². The van der Waals surface area contributed by atoms with E-state index >= 15 is 0 Å². The number of halogens is 6. The van der Waals surface area contributed by atoms with Crippen LogP contribution in [0.5, 0.6) is 11.5 Å². The maximum Gasteiger partial charge on any atom is 0.416 e. The quantitative estimate of drug-likeness (QED) is 0.625. The molecule has 0 bridgehead atoms. The molecule has 25 heavy (non-hydrogen) atoms. The SMILES string of the molecule is O=Cc1cccc(OCc2cc(C(F)(F)F)ccc2C(F)(F)F)c1O. The average Bonchev–Trinajstić information content (AvgIpc) is 2.52. The molecule has 0 atom stereocenters. The molecule has 0 aromatic heterocycles. The number of carbonyl (C=O) groups excluding carboxylic acids is 1. The summed E-state index contributed by atoms with van der Waals surface area (Å²) in [5, 5.41) is 9.72. The number of phenolic OH excluding ortho intramolecular Hbond substituents is 1. The van der Waals surface area contributed by atoms with Crippen LogP contribution >= 0.6 is 0 Å². The number of aromatic hydroxyl groups is 1. The molecule has 0 aliphatic carbocycles. The highest BCUT2D eigenvalue weighted by Gasteiger charge is 2.37. The van der Waals surface area contributed by atoms with E-state index in [4.69, 9.17) is 4.74 Å². The third-order valence-corrected chi connectivity index (χ3v) is 3.28. The minimum Gasteiger partial charge on any atom is -0.504 e. The number of alkyl halides is 6. The van der Waals surface area contributed by atoms with Gasteiger partial charge in [-0.3, -0.25) is 4.79 Å². The highest BCUT2D eigenvalue weighted by Crippen LogP contribution is 2.37. The van der Waals surface area contributed by atoms with Gasteiger partial charge in [0.05, 0.1) is 16.7 Å². The third kappa shape index (κ3) is 4.23. The Morgan fingerprint density at radius 1 is 1.00 bits per heavy atom. The summed E-state index contributed by atoms with van der Waals surface area (Å²) in [6.45, 7) is -0.880. The number of phenols is 1. The van der Waals surface area contributed by atoms with Gasteiger partial charge in [0.15, 0.2) is 17.8 Å². The lowest BCUT2D eigenvalue weighted by atomic mass is 10.0. The van der Waals surface area contributed by atoms with Gasteiger partial charge in [0.2, 0.25) is 0 Å². The molecule has 3 nitrogen and oxygen atoms in total. The molecule has 0 amide bonds. The number of aldehydes is 1. The van der Waals surface area contributed by atoms with E-state index in [-0.39, 0.29) is 11.3 Å². The largest absolute Gasteiger partial charge is 0.504 e. The van der Waals surface area contributed by atoms with Crippen molar-refractivity contribution in [1.29, 1.82) is 0 Å². The summed E-state index contributed by atoms with van der Waals surface area (Å²) < 4.78 is 82.1. The summed E-state index contributed by atoms with van der Waals surface area (Å²) in [6.07, 6.45) is -9.40. The predicted octanol–water partition coefficient (Wildman–Crippen LogP) is 4.82. The highest BCUT2D eigenvalue weighted by molar-refractivity contribution is 5.80. The molecule has 0 fully saturated rings. The van der Waals surface area contributed by atoms with Crippen molar-refractivity contribution < 1.29 is 41.0 Å². The Balaban J connectivity index is 2.39. The molecular formula is C16H10F6O3. The molecule has 0 aliphatic heterocycles. The molecule has 0 radical (unpaired) electrons. The van der Waals surface area contributed by atoms with Crippen molar-refractivity contribution in [2.45, 2.75) is 19.0 Å². The fourth-order valence-corrected chi connectivity index (χ4v) is 2.07. The summed E-state index contributed by atoms with van der Waals surface area (Å²) in [6, 6.07) is 4.70. The van der Waals surface area contributed by atoms with Crippen molar-refractivity contribution >= 4 is 6.29 Å². The van der Waals surface area contributed by atoms with Gasteiger partial charge in [0.25, 0.3) is 0 Å². The number of hydrogen-bond acceptors (Lipinski definition) is 3. The van der Waals surface area contributed by atoms with Crippen molar-refractivity contribution in [1.82, 2.24) is 0 Å². The maximum atomic E-state index is 13.0. The second kappa shape index (κ2) is 6.66. The first-order valence-electron chi connectivity index (χ1n) is 6.71. The van der Waals surface area contributed by atoms with Gasteiger partial charge in [-0.1, -0.05) is 6.07 Å². The lowest BCUT2D eigenvalue weighted by molar-refractivity contribution is -0.142. The minimum atomic E-state index is -4.88. The van der Waals surface area contributed by atoms with E-state index in [1.54, 1.807) is 0 Å². The molecule has 0 spiro atoms. The van der Waals surface area contributed by atoms with Crippen LogP contribution in [0.4, 0.5) is 26.3 Å². The van der Waals surface area contributed by atoms with E-state index in [9.17, 15) is 36.2 Å². The van der Waals surface area contributed by atoms with Crippen LogP contribution in [0.2, 0.25) is 0 Å². The third-order valence-electron chi connectivity index (χ3n) is 3.28. The summed E-state index contributed by atoms with van der Waals surface area (Å²) >= 11 is 0. The van der Waals surface area contributed by atoms with Gasteiger partial charge in [0, 0.05) is 5.56 Å². The Bertz CT molecular complexity index is 780. The summed E-state index contributed by atoms with van der Waals surface area (Å²) in [7, 11) is 0. The molecule has 0 aliphatic rings. The number of benzene rings is 2. The van der Waals surface area contributed by atoms with Crippen molar-refractivity contribution in [2.24, 2.45) is 0 Å². The van der Waals surface area contributed by atoms with Crippen molar-refractivity contribution in [3.8, 4) is 11.5 Å². The van der Waals surface area contributed by atoms with Crippen LogP contribution in [0.15, 0.2) is 36.4 Å². The number of carbonyl (C=O) groups is 1. The molecule has 0 heterocycles. The molecule has 2 aromatic rings. The number of hydrogen-bond donors (Lipinski definition) is 1. The predicted molar refractivity (Wildman–Crippen MR) is 74.3 cm³/mol. The van der Waals surface area contributed by atoms with Crippen molar-refractivity contribution in [2.75, 3.05) is 0 Å². The number of rotatable bonds is 4. The van der Waals surface area contributed by atoms with Gasteiger partial charge < -0.3 is 9.84 Å². The van der Waals surface area contributed by atoms with Crippen LogP contribution in [0, 0.1) is 0 Å². The standard InChI is InChI=1S/C16H10F6O3/c17-15(18,19)11-4-5-12(16(20,21)22)10(6-11)8-25-13-3-1-2-9(7-23)14(13)24/h1-7,24H,8H2. The fraction of sp³-hybridized carbons (Fsp3) is 0.188. The van der Waals surface area contributed by atoms with E-state index in [0.717, 1.165) is 0 Å². The van der Waals surface area contributed by atoms with Gasteiger partial charge in [-0.2, -0.15) is 26.3 Å². The fourth-order valence-electron chi connectivity index (χ4n) is 2.07. The topological polar surface area (TPSA) is 46.5 Å². The second-order valence-electron chi connectivity index (χ2n) is 4.97. The van der Waals surface area contributed by atoms with Gasteiger partial charge >= 0.3 is 12.4 Å². The molecule has 2 rings (SSSR count).